The number of nitrogens with zero attached hydrogens (tertiary/aromatic N) is 1. The van der Waals surface area contributed by atoms with E-state index in [1.165, 1.54) is 0 Å². The smallest absolute Gasteiger partial charge is 0.330 e. The molecule has 1 fully saturated rings. The number of allylic oxidation sites excluding steroid dienone is 1. The number of carbonyl (C=O) groups is 1. The molecule has 0 aliphatic heterocycles. The van der Waals surface area contributed by atoms with E-state index >= 15 is 0 Å². The van der Waals surface area contributed by atoms with Crippen LogP contribution in [0.25, 0.3) is 10.9 Å². The molecule has 1 aliphatic carbocycles. The predicted molar refractivity (Wildman–Crippen MR) is 100 cm³/mol. The highest BCUT2D eigenvalue weighted by atomic mass is 127. The average molecular weight is 439 g/mol. The van der Waals surface area contributed by atoms with Gasteiger partial charge in [-0.25, -0.2) is 9.18 Å². The third kappa shape index (κ3) is 3.77. The van der Waals surface area contributed by atoms with Gasteiger partial charge in [0.2, 0.25) is 0 Å². The molecule has 126 valence electrons. The molecule has 3 rings (SSSR count). The molecule has 0 bridgehead atoms. The van der Waals surface area contributed by atoms with Crippen molar-refractivity contribution in [1.82, 2.24) is 4.98 Å². The number of aromatic nitrogens is 1. The zero-order valence-corrected chi connectivity index (χ0v) is 15.7. The van der Waals surface area contributed by atoms with Crippen LogP contribution in [-0.2, 0) is 9.53 Å². The molecule has 1 heterocycles. The molecular weight excluding hydrogens is 420 g/mol. The number of hydrogen-bond acceptors (Lipinski definition) is 3. The van der Waals surface area contributed by atoms with Gasteiger partial charge in [0.15, 0.2) is 0 Å². The monoisotopic (exact) mass is 439 g/mol. The van der Waals surface area contributed by atoms with Crippen LogP contribution in [0.3, 0.4) is 0 Å². The maximum atomic E-state index is 14.0. The highest BCUT2D eigenvalue weighted by molar-refractivity contribution is 14.1. The van der Waals surface area contributed by atoms with E-state index in [1.54, 1.807) is 24.4 Å². The van der Waals surface area contributed by atoms with Crippen molar-refractivity contribution in [2.75, 3.05) is 6.61 Å². The Kier molecular flexibility index (Phi) is 5.48. The van der Waals surface area contributed by atoms with Gasteiger partial charge in [-0.05, 0) is 84.9 Å². The summed E-state index contributed by atoms with van der Waals surface area (Å²) in [5.41, 5.74) is 3.14. The molecule has 1 aromatic heterocycles. The molecule has 0 atom stereocenters. The van der Waals surface area contributed by atoms with Crippen molar-refractivity contribution in [3.63, 3.8) is 0 Å². The minimum absolute atomic E-state index is 0.198. The van der Waals surface area contributed by atoms with Crippen molar-refractivity contribution in [3.8, 4) is 0 Å². The van der Waals surface area contributed by atoms with Crippen LogP contribution >= 0.6 is 22.6 Å². The van der Waals surface area contributed by atoms with Gasteiger partial charge >= 0.3 is 5.97 Å². The second-order valence-corrected chi connectivity index (χ2v) is 7.17. The molecule has 0 unspecified atom stereocenters. The van der Waals surface area contributed by atoms with Crippen LogP contribution < -0.4 is 0 Å². The summed E-state index contributed by atoms with van der Waals surface area (Å²) in [5, 5.41) is 0.901. The first-order chi connectivity index (χ1) is 11.6. The van der Waals surface area contributed by atoms with Crippen molar-refractivity contribution in [3.05, 3.63) is 51.0 Å². The number of ether oxygens (including phenoxy) is 1. The Bertz CT molecular complexity index is 793. The van der Waals surface area contributed by atoms with Crippen LogP contribution in [0.5, 0.6) is 0 Å². The summed E-state index contributed by atoms with van der Waals surface area (Å²) in [7, 11) is 0. The van der Waals surface area contributed by atoms with E-state index in [9.17, 15) is 9.18 Å². The largest absolute Gasteiger partial charge is 0.463 e. The second kappa shape index (κ2) is 7.59. The number of halogens is 2. The number of hydrogen-bond donors (Lipinski definition) is 0. The van der Waals surface area contributed by atoms with E-state index in [-0.39, 0.29) is 11.8 Å². The number of pyridine rings is 1. The number of fused-ring (bicyclic) bond motifs is 1. The molecule has 0 saturated heterocycles. The van der Waals surface area contributed by atoms with Crippen molar-refractivity contribution in [1.29, 1.82) is 0 Å². The average Bonchev–Trinajstić information content (AvgIpc) is 2.56. The molecule has 1 saturated carbocycles. The first kappa shape index (κ1) is 17.3. The van der Waals surface area contributed by atoms with Gasteiger partial charge in [-0.2, -0.15) is 0 Å². The van der Waals surface area contributed by atoms with Crippen LogP contribution in [-0.4, -0.2) is 17.6 Å². The maximum Gasteiger partial charge on any atom is 0.330 e. The fourth-order valence-corrected chi connectivity index (χ4v) is 3.76. The van der Waals surface area contributed by atoms with Gasteiger partial charge < -0.3 is 4.74 Å². The standard InChI is InChI=1S/C19H19FINO2/c1-2-24-19(23)9-12-3-5-13(6-4-12)14-7-8-22-18-11-17(21)16(20)10-15(14)18/h7-11,13H,2-6H2,1H3. The number of rotatable bonds is 3. The van der Waals surface area contributed by atoms with Gasteiger partial charge in [0.25, 0.3) is 0 Å². The lowest BCUT2D eigenvalue weighted by atomic mass is 9.80. The third-order valence-electron chi connectivity index (χ3n) is 4.49. The van der Waals surface area contributed by atoms with Gasteiger partial charge in [0.05, 0.1) is 15.7 Å². The van der Waals surface area contributed by atoms with Gasteiger partial charge in [0.1, 0.15) is 5.82 Å². The van der Waals surface area contributed by atoms with Crippen molar-refractivity contribution in [2.24, 2.45) is 0 Å². The van der Waals surface area contributed by atoms with E-state index in [0.717, 1.165) is 47.7 Å². The summed E-state index contributed by atoms with van der Waals surface area (Å²) in [6.45, 7) is 2.21. The lowest BCUT2D eigenvalue weighted by Crippen LogP contribution is -2.09. The quantitative estimate of drug-likeness (QED) is 0.379. The molecule has 5 heteroatoms. The first-order valence-corrected chi connectivity index (χ1v) is 9.26. The molecule has 0 radical (unpaired) electrons. The van der Waals surface area contributed by atoms with Crippen LogP contribution in [0.4, 0.5) is 4.39 Å². The van der Waals surface area contributed by atoms with Crippen LogP contribution in [0.1, 0.15) is 44.1 Å². The minimum Gasteiger partial charge on any atom is -0.463 e. The van der Waals surface area contributed by atoms with Crippen molar-refractivity contribution < 1.29 is 13.9 Å². The number of benzene rings is 1. The summed E-state index contributed by atoms with van der Waals surface area (Å²) in [4.78, 5) is 15.9. The van der Waals surface area contributed by atoms with Crippen LogP contribution in [0, 0.1) is 9.39 Å². The molecule has 3 nitrogen and oxygen atoms in total. The Morgan fingerprint density at radius 1 is 1.42 bits per heavy atom. The summed E-state index contributed by atoms with van der Waals surface area (Å²) < 4.78 is 19.5. The minimum atomic E-state index is -0.253. The van der Waals surface area contributed by atoms with E-state index in [0.29, 0.717) is 16.1 Å². The van der Waals surface area contributed by atoms with Gasteiger partial charge in [-0.3, -0.25) is 4.98 Å². The molecular formula is C19H19FINO2. The lowest BCUT2D eigenvalue weighted by molar-refractivity contribution is -0.137. The normalized spacial score (nSPS) is 17.8. The SMILES string of the molecule is CCOC(=O)C=C1CCC(c2ccnc3cc(I)c(F)cc23)CC1. The summed E-state index contributed by atoms with van der Waals surface area (Å²) in [6.07, 6.45) is 7.10. The molecule has 0 spiro atoms. The maximum absolute atomic E-state index is 14.0. The molecule has 2 aromatic rings. The number of carbonyl (C=O) groups excluding carboxylic acids is 1. The van der Waals surface area contributed by atoms with Crippen LogP contribution in [0.2, 0.25) is 0 Å². The van der Waals surface area contributed by atoms with Gasteiger partial charge in [-0.1, -0.05) is 5.57 Å². The Hall–Kier alpha value is -1.50. The van der Waals surface area contributed by atoms with Crippen molar-refractivity contribution in [2.45, 2.75) is 38.5 Å². The topological polar surface area (TPSA) is 39.2 Å². The highest BCUT2D eigenvalue weighted by Crippen LogP contribution is 2.38. The fraction of sp³-hybridized carbons (Fsp3) is 0.368. The van der Waals surface area contributed by atoms with E-state index in [4.69, 9.17) is 4.74 Å². The molecule has 1 aromatic carbocycles. The zero-order valence-electron chi connectivity index (χ0n) is 13.5. The Labute approximate surface area is 154 Å². The Morgan fingerprint density at radius 2 is 2.17 bits per heavy atom. The molecule has 24 heavy (non-hydrogen) atoms. The summed E-state index contributed by atoms with van der Waals surface area (Å²) in [5.74, 6) is -0.0812. The summed E-state index contributed by atoms with van der Waals surface area (Å²) >= 11 is 1.99. The van der Waals surface area contributed by atoms with E-state index < -0.39 is 0 Å². The molecule has 1 aliphatic rings. The highest BCUT2D eigenvalue weighted by Gasteiger charge is 2.21. The van der Waals surface area contributed by atoms with Crippen LogP contribution in [0.15, 0.2) is 36.0 Å². The molecule has 0 N–H and O–H groups in total. The first-order valence-electron chi connectivity index (χ1n) is 8.18. The van der Waals surface area contributed by atoms with Gasteiger partial charge in [0, 0.05) is 17.7 Å². The Balaban J connectivity index is 1.81. The molecule has 0 amide bonds. The fourth-order valence-electron chi connectivity index (χ4n) is 3.31. The van der Waals surface area contributed by atoms with Gasteiger partial charge in [-0.15, -0.1) is 0 Å². The van der Waals surface area contributed by atoms with E-state index in [2.05, 4.69) is 4.98 Å². The third-order valence-corrected chi connectivity index (χ3v) is 5.32. The predicted octanol–water partition coefficient (Wildman–Crippen LogP) is 5.13. The second-order valence-electron chi connectivity index (χ2n) is 6.01. The van der Waals surface area contributed by atoms with E-state index in [1.807, 2.05) is 35.6 Å². The number of esters is 1. The van der Waals surface area contributed by atoms with Crippen molar-refractivity contribution >= 4 is 39.5 Å². The Morgan fingerprint density at radius 3 is 2.88 bits per heavy atom. The summed E-state index contributed by atoms with van der Waals surface area (Å²) in [6, 6.07) is 5.40. The lowest BCUT2D eigenvalue weighted by Gasteiger charge is -2.25. The zero-order chi connectivity index (χ0) is 17.1.